The van der Waals surface area contributed by atoms with Gasteiger partial charge in [-0.3, -0.25) is 0 Å². The molecule has 1 aromatic heterocycles. The van der Waals surface area contributed by atoms with Crippen molar-refractivity contribution in [3.05, 3.63) is 46.2 Å². The summed E-state index contributed by atoms with van der Waals surface area (Å²) >= 11 is 3.46. The van der Waals surface area contributed by atoms with Crippen molar-refractivity contribution in [3.8, 4) is 5.75 Å². The molecule has 1 heterocycles. The van der Waals surface area contributed by atoms with E-state index in [0.717, 1.165) is 33.7 Å². The van der Waals surface area contributed by atoms with Crippen molar-refractivity contribution < 1.29 is 4.74 Å². The summed E-state index contributed by atoms with van der Waals surface area (Å²) in [5.41, 5.74) is 3.34. The molecule has 0 aliphatic rings. The Hall–Kier alpha value is -1.42. The van der Waals surface area contributed by atoms with Crippen molar-refractivity contribution in [2.24, 2.45) is 0 Å². The average molecular weight is 295 g/mol. The van der Waals surface area contributed by atoms with Crippen LogP contribution < -0.4 is 10.1 Å². The molecule has 0 aliphatic heterocycles. The van der Waals surface area contributed by atoms with Gasteiger partial charge in [0.1, 0.15) is 5.75 Å². The second kappa shape index (κ2) is 5.27. The van der Waals surface area contributed by atoms with Gasteiger partial charge in [0.2, 0.25) is 0 Å². The van der Waals surface area contributed by atoms with E-state index in [0.29, 0.717) is 0 Å². The van der Waals surface area contributed by atoms with Crippen LogP contribution in [0, 0.1) is 6.92 Å². The Balaban J connectivity index is 2.19. The first-order chi connectivity index (χ1) is 8.20. The van der Waals surface area contributed by atoms with Crippen LogP contribution in [-0.4, -0.2) is 12.1 Å². The number of H-pyrrole nitrogens is 1. The lowest BCUT2D eigenvalue weighted by molar-refractivity contribution is 0.416. The SMILES string of the molecule is COc1cc(Br)cc(C)c1NCc1ccc[nH]1. The van der Waals surface area contributed by atoms with Gasteiger partial charge in [-0.25, -0.2) is 0 Å². The lowest BCUT2D eigenvalue weighted by atomic mass is 10.2. The molecule has 0 saturated heterocycles. The van der Waals surface area contributed by atoms with Crippen LogP contribution in [-0.2, 0) is 6.54 Å². The summed E-state index contributed by atoms with van der Waals surface area (Å²) in [5.74, 6) is 0.850. The van der Waals surface area contributed by atoms with E-state index in [2.05, 4.69) is 39.2 Å². The van der Waals surface area contributed by atoms with Gasteiger partial charge in [0.05, 0.1) is 19.3 Å². The van der Waals surface area contributed by atoms with Gasteiger partial charge in [-0.05, 0) is 36.8 Å². The molecule has 0 saturated carbocycles. The summed E-state index contributed by atoms with van der Waals surface area (Å²) in [4.78, 5) is 3.16. The number of nitrogens with one attached hydrogen (secondary N) is 2. The molecule has 17 heavy (non-hydrogen) atoms. The molecular formula is C13H15BrN2O. The maximum atomic E-state index is 5.37. The van der Waals surface area contributed by atoms with E-state index in [1.165, 1.54) is 0 Å². The van der Waals surface area contributed by atoms with Crippen molar-refractivity contribution in [1.29, 1.82) is 0 Å². The number of aromatic nitrogens is 1. The van der Waals surface area contributed by atoms with Crippen LogP contribution in [0.2, 0.25) is 0 Å². The van der Waals surface area contributed by atoms with Gasteiger partial charge >= 0.3 is 0 Å². The topological polar surface area (TPSA) is 37.0 Å². The van der Waals surface area contributed by atoms with Crippen LogP contribution in [0.4, 0.5) is 5.69 Å². The fourth-order valence-corrected chi connectivity index (χ4v) is 2.31. The zero-order valence-corrected chi connectivity index (χ0v) is 11.5. The smallest absolute Gasteiger partial charge is 0.143 e. The van der Waals surface area contributed by atoms with Crippen LogP contribution in [0.3, 0.4) is 0 Å². The van der Waals surface area contributed by atoms with Gasteiger partial charge in [-0.15, -0.1) is 0 Å². The molecule has 0 unspecified atom stereocenters. The van der Waals surface area contributed by atoms with E-state index in [9.17, 15) is 0 Å². The largest absolute Gasteiger partial charge is 0.495 e. The van der Waals surface area contributed by atoms with Crippen molar-refractivity contribution in [1.82, 2.24) is 4.98 Å². The number of benzene rings is 1. The van der Waals surface area contributed by atoms with E-state index >= 15 is 0 Å². The molecule has 0 fully saturated rings. The van der Waals surface area contributed by atoms with E-state index < -0.39 is 0 Å². The quantitative estimate of drug-likeness (QED) is 0.902. The highest BCUT2D eigenvalue weighted by Crippen LogP contribution is 2.32. The molecule has 2 N–H and O–H groups in total. The van der Waals surface area contributed by atoms with Crippen LogP contribution in [0.1, 0.15) is 11.3 Å². The number of ether oxygens (including phenoxy) is 1. The first-order valence-electron chi connectivity index (χ1n) is 5.41. The lowest BCUT2D eigenvalue weighted by Crippen LogP contribution is -2.03. The Morgan fingerprint density at radius 2 is 2.24 bits per heavy atom. The molecule has 3 nitrogen and oxygen atoms in total. The summed E-state index contributed by atoms with van der Waals surface area (Å²) in [6, 6.07) is 8.07. The molecule has 2 rings (SSSR count). The zero-order chi connectivity index (χ0) is 12.3. The molecule has 4 heteroatoms. The number of hydrogen-bond donors (Lipinski definition) is 2. The van der Waals surface area contributed by atoms with Gasteiger partial charge < -0.3 is 15.0 Å². The number of rotatable bonds is 4. The molecule has 0 bridgehead atoms. The fraction of sp³-hybridized carbons (Fsp3) is 0.231. The van der Waals surface area contributed by atoms with Gasteiger partial charge in [0, 0.05) is 16.4 Å². The normalized spacial score (nSPS) is 10.3. The van der Waals surface area contributed by atoms with Crippen LogP contribution >= 0.6 is 15.9 Å². The molecule has 0 aliphatic carbocycles. The number of halogens is 1. The number of methoxy groups -OCH3 is 1. The monoisotopic (exact) mass is 294 g/mol. The minimum absolute atomic E-state index is 0.756. The van der Waals surface area contributed by atoms with Crippen molar-refractivity contribution in [2.45, 2.75) is 13.5 Å². The first kappa shape index (κ1) is 12.0. The molecule has 0 atom stereocenters. The lowest BCUT2D eigenvalue weighted by Gasteiger charge is -2.14. The van der Waals surface area contributed by atoms with E-state index in [1.54, 1.807) is 7.11 Å². The number of anilines is 1. The van der Waals surface area contributed by atoms with Gasteiger partial charge in [0.25, 0.3) is 0 Å². The molecule has 90 valence electrons. The Morgan fingerprint density at radius 1 is 1.41 bits per heavy atom. The highest BCUT2D eigenvalue weighted by Gasteiger charge is 2.07. The minimum atomic E-state index is 0.756. The molecule has 0 radical (unpaired) electrons. The summed E-state index contributed by atoms with van der Waals surface area (Å²) < 4.78 is 6.40. The number of hydrogen-bond acceptors (Lipinski definition) is 2. The molecule has 0 spiro atoms. The molecule has 0 amide bonds. The summed E-state index contributed by atoms with van der Waals surface area (Å²) in [6.45, 7) is 2.82. The standard InChI is InChI=1S/C13H15BrN2O/c1-9-6-10(14)7-12(17-2)13(9)16-8-11-4-3-5-15-11/h3-7,15-16H,8H2,1-2H3. The van der Waals surface area contributed by atoms with Crippen LogP contribution in [0.5, 0.6) is 5.75 Å². The number of aromatic amines is 1. The summed E-state index contributed by atoms with van der Waals surface area (Å²) in [6.07, 6.45) is 1.92. The molecular weight excluding hydrogens is 280 g/mol. The Kier molecular flexibility index (Phi) is 3.74. The van der Waals surface area contributed by atoms with E-state index in [-0.39, 0.29) is 0 Å². The Morgan fingerprint density at radius 3 is 2.88 bits per heavy atom. The second-order valence-corrected chi connectivity index (χ2v) is 4.76. The maximum Gasteiger partial charge on any atom is 0.143 e. The van der Waals surface area contributed by atoms with Gasteiger partial charge in [-0.2, -0.15) is 0 Å². The minimum Gasteiger partial charge on any atom is -0.495 e. The summed E-state index contributed by atoms with van der Waals surface area (Å²) in [5, 5.41) is 3.38. The Labute approximate surface area is 109 Å². The third kappa shape index (κ3) is 2.82. The van der Waals surface area contributed by atoms with Crippen molar-refractivity contribution in [3.63, 3.8) is 0 Å². The van der Waals surface area contributed by atoms with Crippen molar-refractivity contribution in [2.75, 3.05) is 12.4 Å². The number of aryl methyl sites for hydroxylation is 1. The van der Waals surface area contributed by atoms with Crippen molar-refractivity contribution >= 4 is 21.6 Å². The third-order valence-electron chi connectivity index (χ3n) is 2.60. The highest BCUT2D eigenvalue weighted by atomic mass is 79.9. The van der Waals surface area contributed by atoms with E-state index in [1.807, 2.05) is 24.4 Å². The predicted octanol–water partition coefficient (Wildman–Crippen LogP) is 3.71. The summed E-state index contributed by atoms with van der Waals surface area (Å²) in [7, 11) is 1.68. The average Bonchev–Trinajstić information content (AvgIpc) is 2.79. The Bertz CT molecular complexity index is 494. The maximum absolute atomic E-state index is 5.37. The second-order valence-electron chi connectivity index (χ2n) is 3.85. The van der Waals surface area contributed by atoms with Gasteiger partial charge in [0.15, 0.2) is 0 Å². The predicted molar refractivity (Wildman–Crippen MR) is 73.6 cm³/mol. The fourth-order valence-electron chi connectivity index (χ4n) is 1.76. The van der Waals surface area contributed by atoms with E-state index in [4.69, 9.17) is 4.74 Å². The highest BCUT2D eigenvalue weighted by molar-refractivity contribution is 9.10. The van der Waals surface area contributed by atoms with Gasteiger partial charge in [-0.1, -0.05) is 15.9 Å². The van der Waals surface area contributed by atoms with Crippen LogP contribution in [0.15, 0.2) is 34.9 Å². The molecule has 1 aromatic carbocycles. The van der Waals surface area contributed by atoms with Crippen LogP contribution in [0.25, 0.3) is 0 Å². The third-order valence-corrected chi connectivity index (χ3v) is 3.06. The zero-order valence-electron chi connectivity index (χ0n) is 9.88. The first-order valence-corrected chi connectivity index (χ1v) is 6.20. The molecule has 2 aromatic rings.